The Morgan fingerprint density at radius 3 is 1.14 bits per heavy atom. The molecule has 0 aliphatic rings. The standard InChI is InChI=1S/C58H38.Tl.H/c1-2-16-45(17-3-1)57-52-22-8-10-24-54(52)58(55-25-11-9-23-53(55)57)56-38-46(36-37-51(56)50-27-13-19-43-15-5-7-21-49(43)50)41-30-28-39(29-31-41)40-32-34-44(35-33-40)48-26-12-18-42-14-4-6-20-47(42)48;;/h1-38H;;. The van der Waals surface area contributed by atoms with Crippen molar-refractivity contribution in [2.24, 2.45) is 0 Å². The molecule has 0 aromatic heterocycles. The van der Waals surface area contributed by atoms with E-state index in [2.05, 4.69) is 231 Å². The Labute approximate surface area is 365 Å². The van der Waals surface area contributed by atoms with E-state index in [1.807, 2.05) is 0 Å². The van der Waals surface area contributed by atoms with Gasteiger partial charge in [0, 0.05) is 0 Å². The summed E-state index contributed by atoms with van der Waals surface area (Å²) >= 11 is 0. The van der Waals surface area contributed by atoms with Gasteiger partial charge in [-0.25, -0.2) is 0 Å². The second kappa shape index (κ2) is 15.6. The number of hydrogen-bond acceptors (Lipinski definition) is 0. The van der Waals surface area contributed by atoms with E-state index >= 15 is 0 Å². The molecule has 0 spiro atoms. The van der Waals surface area contributed by atoms with Gasteiger partial charge in [0.15, 0.2) is 0 Å². The Morgan fingerprint density at radius 2 is 0.576 bits per heavy atom. The summed E-state index contributed by atoms with van der Waals surface area (Å²) in [6.07, 6.45) is 0. The van der Waals surface area contributed by atoms with Crippen LogP contribution in [0.5, 0.6) is 0 Å². The van der Waals surface area contributed by atoms with Gasteiger partial charge in [-0.2, -0.15) is 0 Å². The molecule has 59 heavy (non-hydrogen) atoms. The Morgan fingerprint density at radius 1 is 0.186 bits per heavy atom. The monoisotopic (exact) mass is 940 g/mol. The number of benzene rings is 11. The number of rotatable bonds is 6. The second-order valence-electron chi connectivity index (χ2n) is 15.2. The molecule has 0 atom stereocenters. The van der Waals surface area contributed by atoms with Crippen LogP contribution in [0, 0.1) is 0 Å². The molecule has 0 aliphatic carbocycles. The first-order chi connectivity index (χ1) is 28.8. The minimum atomic E-state index is 0. The Bertz CT molecular complexity index is 3240. The molecule has 0 saturated carbocycles. The van der Waals surface area contributed by atoms with Crippen molar-refractivity contribution in [3.05, 3.63) is 231 Å². The summed E-state index contributed by atoms with van der Waals surface area (Å²) in [5.74, 6) is 0. The molecule has 0 amide bonds. The van der Waals surface area contributed by atoms with Crippen LogP contribution in [0.4, 0.5) is 0 Å². The summed E-state index contributed by atoms with van der Waals surface area (Å²) in [6, 6.07) is 84.5. The van der Waals surface area contributed by atoms with Gasteiger partial charge in [0.2, 0.25) is 0 Å². The van der Waals surface area contributed by atoms with E-state index in [1.165, 1.54) is 110 Å². The number of hydrogen-bond donors (Lipinski definition) is 0. The van der Waals surface area contributed by atoms with Gasteiger partial charge in [-0.3, -0.25) is 0 Å². The zero-order valence-corrected chi connectivity index (χ0v) is 38.1. The van der Waals surface area contributed by atoms with Crippen LogP contribution >= 0.6 is 0 Å². The van der Waals surface area contributed by atoms with Crippen LogP contribution in [-0.4, -0.2) is 27.3 Å². The molecule has 1 heteroatoms. The molecular formula is C58H39Tl. The van der Waals surface area contributed by atoms with Gasteiger partial charge >= 0.3 is 27.3 Å². The third kappa shape index (κ3) is 6.54. The third-order valence-electron chi connectivity index (χ3n) is 11.9. The summed E-state index contributed by atoms with van der Waals surface area (Å²) in [5, 5.41) is 10.1. The van der Waals surface area contributed by atoms with Crippen LogP contribution in [-0.2, 0) is 0 Å². The second-order valence-corrected chi connectivity index (χ2v) is 15.2. The Balaban J connectivity index is 0.00000420. The zero-order valence-electron chi connectivity index (χ0n) is 32.6. The normalized spacial score (nSPS) is 11.3. The summed E-state index contributed by atoms with van der Waals surface area (Å²) in [7, 11) is 0. The zero-order chi connectivity index (χ0) is 38.4. The molecule has 0 fully saturated rings. The maximum atomic E-state index is 2.43. The molecule has 0 saturated heterocycles. The van der Waals surface area contributed by atoms with Crippen LogP contribution in [0.2, 0.25) is 0 Å². The summed E-state index contributed by atoms with van der Waals surface area (Å²) in [4.78, 5) is 0. The van der Waals surface area contributed by atoms with Crippen LogP contribution < -0.4 is 0 Å². The van der Waals surface area contributed by atoms with Crippen molar-refractivity contribution in [2.45, 2.75) is 0 Å². The average Bonchev–Trinajstić information content (AvgIpc) is 3.30. The Hall–Kier alpha value is -6.62. The summed E-state index contributed by atoms with van der Waals surface area (Å²) in [5.41, 5.74) is 14.8. The molecule has 11 aromatic carbocycles. The molecular weight excluding hydrogens is 901 g/mol. The van der Waals surface area contributed by atoms with Gasteiger partial charge in [-0.15, -0.1) is 0 Å². The first kappa shape index (κ1) is 36.7. The third-order valence-corrected chi connectivity index (χ3v) is 11.9. The number of fused-ring (bicyclic) bond motifs is 4. The molecule has 0 bridgehead atoms. The van der Waals surface area contributed by atoms with Crippen molar-refractivity contribution < 1.29 is 0 Å². The van der Waals surface area contributed by atoms with Gasteiger partial charge in [0.1, 0.15) is 0 Å². The summed E-state index contributed by atoms with van der Waals surface area (Å²) < 4.78 is 0. The van der Waals surface area contributed by atoms with Crippen molar-refractivity contribution in [1.82, 2.24) is 0 Å². The molecule has 11 aromatic rings. The van der Waals surface area contributed by atoms with E-state index in [-0.39, 0.29) is 27.3 Å². The van der Waals surface area contributed by atoms with Crippen molar-refractivity contribution in [3.8, 4) is 66.8 Å². The average molecular weight is 940 g/mol. The quantitative estimate of drug-likeness (QED) is 0.115. The molecule has 0 aliphatic heterocycles. The maximum Gasteiger partial charge on any atom is -0.00199 e. The van der Waals surface area contributed by atoms with Crippen LogP contribution in [0.25, 0.3) is 110 Å². The molecule has 0 N–H and O–H groups in total. The smallest absolute Gasteiger partial charge is 0.00199 e. The predicted molar refractivity (Wildman–Crippen MR) is 256 cm³/mol. The summed E-state index contributed by atoms with van der Waals surface area (Å²) in [6.45, 7) is 0. The minimum Gasteiger partial charge on any atom is -0.0622 e. The largest absolute Gasteiger partial charge is 0.0622 e. The fraction of sp³-hybridized carbons (Fsp3) is 0. The SMILES string of the molecule is [TlH].c1ccc(-c2c3ccccc3c(-c3cc(-c4ccc(-c5ccc(-c6cccc7ccccc67)cc5)cc4)ccc3-c3cccc4ccccc34)c3ccccc23)cc1. The van der Waals surface area contributed by atoms with Crippen molar-refractivity contribution in [2.75, 3.05) is 0 Å². The van der Waals surface area contributed by atoms with Crippen LogP contribution in [0.15, 0.2) is 231 Å². The predicted octanol–water partition coefficient (Wildman–Crippen LogP) is 15.7. The van der Waals surface area contributed by atoms with Gasteiger partial charge in [0.05, 0.1) is 0 Å². The maximum absolute atomic E-state index is 2.43. The van der Waals surface area contributed by atoms with Crippen LogP contribution in [0.3, 0.4) is 0 Å². The topological polar surface area (TPSA) is 0 Å². The van der Waals surface area contributed by atoms with E-state index in [0.717, 1.165) is 0 Å². The fourth-order valence-corrected chi connectivity index (χ4v) is 9.13. The van der Waals surface area contributed by atoms with Gasteiger partial charge < -0.3 is 0 Å². The molecule has 1 radical (unpaired) electrons. The van der Waals surface area contributed by atoms with E-state index in [1.54, 1.807) is 0 Å². The van der Waals surface area contributed by atoms with Gasteiger partial charge in [-0.05, 0) is 116 Å². The Kier molecular flexibility index (Phi) is 9.72. The van der Waals surface area contributed by atoms with E-state index in [9.17, 15) is 0 Å². The first-order valence-electron chi connectivity index (χ1n) is 20.1. The van der Waals surface area contributed by atoms with Crippen molar-refractivity contribution >= 4 is 70.4 Å². The minimum absolute atomic E-state index is 0. The molecule has 274 valence electrons. The van der Waals surface area contributed by atoms with Crippen LogP contribution in [0.1, 0.15) is 0 Å². The van der Waals surface area contributed by atoms with Crippen molar-refractivity contribution in [1.29, 1.82) is 0 Å². The first-order valence-corrected chi connectivity index (χ1v) is 20.1. The van der Waals surface area contributed by atoms with E-state index in [0.29, 0.717) is 0 Å². The van der Waals surface area contributed by atoms with Gasteiger partial charge in [-0.1, -0.05) is 224 Å². The molecule has 0 nitrogen and oxygen atoms in total. The molecule has 11 rings (SSSR count). The molecule has 0 unspecified atom stereocenters. The molecule has 0 heterocycles. The van der Waals surface area contributed by atoms with Crippen molar-refractivity contribution in [3.63, 3.8) is 0 Å². The van der Waals surface area contributed by atoms with E-state index in [4.69, 9.17) is 0 Å². The van der Waals surface area contributed by atoms with Gasteiger partial charge in [0.25, 0.3) is 0 Å². The fourth-order valence-electron chi connectivity index (χ4n) is 9.13. The van der Waals surface area contributed by atoms with E-state index < -0.39 is 0 Å².